The van der Waals surface area contributed by atoms with Crippen LogP contribution in [0.2, 0.25) is 0 Å². The van der Waals surface area contributed by atoms with Crippen LogP contribution in [0.25, 0.3) is 0 Å². The van der Waals surface area contributed by atoms with Gasteiger partial charge >= 0.3 is 5.97 Å². The summed E-state index contributed by atoms with van der Waals surface area (Å²) in [4.78, 5) is 14.7. The van der Waals surface area contributed by atoms with Gasteiger partial charge in [0, 0.05) is 57.3 Å². The number of aliphatic hydroxyl groups is 2. The van der Waals surface area contributed by atoms with E-state index in [-0.39, 0.29) is 128 Å². The fraction of sp³-hybridized carbons (Fsp3) is 0.889. The first-order valence-electron chi connectivity index (χ1n) is 31.9. The molecule has 3 spiro atoms. The lowest BCUT2D eigenvalue weighted by atomic mass is 9.79. The van der Waals surface area contributed by atoms with E-state index >= 15 is 0 Å². The summed E-state index contributed by atoms with van der Waals surface area (Å²) >= 11 is 0. The maximum Gasteiger partial charge on any atom is 0.308 e. The molecule has 19 heteroatoms. The van der Waals surface area contributed by atoms with Crippen LogP contribution in [0.4, 0.5) is 0 Å². The van der Waals surface area contributed by atoms with E-state index in [0.29, 0.717) is 90.1 Å². The van der Waals surface area contributed by atoms with Crippen LogP contribution in [0.1, 0.15) is 150 Å². The van der Waals surface area contributed by atoms with Crippen LogP contribution >= 0.6 is 0 Å². The largest absolute Gasteiger partial charge is 0.459 e. The fourth-order valence-electron chi connectivity index (χ4n) is 18.5. The average Bonchev–Trinajstić information content (AvgIpc) is 2.34. The van der Waals surface area contributed by atoms with Crippen molar-refractivity contribution >= 4 is 5.97 Å². The van der Waals surface area contributed by atoms with Crippen LogP contribution in [0.5, 0.6) is 0 Å². The van der Waals surface area contributed by atoms with E-state index in [1.54, 1.807) is 6.08 Å². The highest BCUT2D eigenvalue weighted by Crippen LogP contribution is 2.60. The minimum absolute atomic E-state index is 0.0352. The van der Waals surface area contributed by atoms with Gasteiger partial charge in [0.2, 0.25) is 5.79 Å². The molecular formula is C63H90O19. The molecule has 0 saturated carbocycles. The van der Waals surface area contributed by atoms with Crippen LogP contribution in [0, 0.1) is 23.7 Å². The van der Waals surface area contributed by atoms with Crippen molar-refractivity contribution < 1.29 is 90.8 Å². The zero-order chi connectivity index (χ0) is 56.2. The zero-order valence-electron chi connectivity index (χ0n) is 48.5. The molecule has 0 aromatic heterocycles. The third-order valence-electron chi connectivity index (χ3n) is 22.3. The Morgan fingerprint density at radius 1 is 0.598 bits per heavy atom. The average molecular weight is 1150 g/mol. The van der Waals surface area contributed by atoms with Crippen molar-refractivity contribution in [3.05, 3.63) is 37.0 Å². The van der Waals surface area contributed by atoms with E-state index in [2.05, 4.69) is 47.4 Å². The van der Waals surface area contributed by atoms with Crippen molar-refractivity contribution in [2.24, 2.45) is 23.7 Å². The second-order valence-corrected chi connectivity index (χ2v) is 28.2. The van der Waals surface area contributed by atoms with Crippen LogP contribution < -0.4 is 0 Å². The first-order valence-corrected chi connectivity index (χ1v) is 31.9. The monoisotopic (exact) mass is 1150 g/mol. The Bertz CT molecular complexity index is 2450. The van der Waals surface area contributed by atoms with Crippen molar-refractivity contribution in [2.75, 3.05) is 13.2 Å². The second kappa shape index (κ2) is 21.4. The number of esters is 1. The predicted molar refractivity (Wildman–Crippen MR) is 287 cm³/mol. The van der Waals surface area contributed by atoms with Crippen LogP contribution in [0.3, 0.4) is 0 Å². The van der Waals surface area contributed by atoms with Crippen molar-refractivity contribution in [3.8, 4) is 0 Å². The summed E-state index contributed by atoms with van der Waals surface area (Å²) in [7, 11) is 0. The number of ether oxygens (including phenoxy) is 16. The lowest BCUT2D eigenvalue weighted by molar-refractivity contribution is -0.347. The Morgan fingerprint density at radius 2 is 1.32 bits per heavy atom. The Balaban J connectivity index is 0.661. The van der Waals surface area contributed by atoms with Gasteiger partial charge in [-0.25, -0.2) is 0 Å². The van der Waals surface area contributed by atoms with E-state index in [4.69, 9.17) is 75.8 Å². The van der Waals surface area contributed by atoms with Gasteiger partial charge in [0.05, 0.1) is 130 Å². The van der Waals surface area contributed by atoms with Crippen molar-refractivity contribution in [1.29, 1.82) is 0 Å². The summed E-state index contributed by atoms with van der Waals surface area (Å²) in [5.74, 6) is -3.78. The van der Waals surface area contributed by atoms with Gasteiger partial charge in [-0.05, 0) is 86.7 Å². The third-order valence-corrected chi connectivity index (χ3v) is 22.3. The summed E-state index contributed by atoms with van der Waals surface area (Å²) in [6.45, 7) is 21.9. The topological polar surface area (TPSA) is 205 Å². The minimum atomic E-state index is -1.06. The SMILES string of the molecule is C=CCO[C@]12C[C@]34CCC5CC(=C)C(CCC6C[C@@H](C)C(=C)C(C[C@@H]7O[C@H]8C[C@H]9O[C@@]%10(CC%11O[C@]%12(C[C@H](C)C%13O[C@H](CC[C@@H](O)CO)CC%13O%12)C[C@H](C)C%11O%10)C[C@H]9O[C@H]8[C@H](C)C7OC(=O)CC7CC[C@@H]8O[C@H](C(O1)[C@@H](O3)[C@H]8O7)C2O4)O6)O5. The number of fused-ring (bicyclic) bond motifs is 10. The van der Waals surface area contributed by atoms with Crippen molar-refractivity contribution in [3.63, 3.8) is 0 Å². The van der Waals surface area contributed by atoms with Gasteiger partial charge < -0.3 is 86.0 Å². The van der Waals surface area contributed by atoms with E-state index in [1.807, 2.05) is 0 Å². The molecule has 16 rings (SSSR count). The first-order chi connectivity index (χ1) is 39.5. The highest BCUT2D eigenvalue weighted by molar-refractivity contribution is 5.70. The fourth-order valence-corrected chi connectivity index (χ4v) is 18.5. The molecule has 31 atom stereocenters. The lowest BCUT2D eigenvalue weighted by Crippen LogP contribution is -2.62. The molecule has 16 heterocycles. The first kappa shape index (κ1) is 56.5. The molecule has 16 aliphatic heterocycles. The molecule has 12 bridgehead atoms. The minimum Gasteiger partial charge on any atom is -0.459 e. The molecular weight excluding hydrogens is 1060 g/mol. The van der Waals surface area contributed by atoms with Gasteiger partial charge in [0.1, 0.15) is 36.6 Å². The van der Waals surface area contributed by atoms with E-state index in [9.17, 15) is 15.0 Å². The molecule has 0 aliphatic carbocycles. The van der Waals surface area contributed by atoms with Gasteiger partial charge in [0.25, 0.3) is 0 Å². The summed E-state index contributed by atoms with van der Waals surface area (Å²) in [5, 5.41) is 19.4. The summed E-state index contributed by atoms with van der Waals surface area (Å²) in [6, 6.07) is 0. The molecule has 2 N–H and O–H groups in total. The molecule has 82 heavy (non-hydrogen) atoms. The van der Waals surface area contributed by atoms with E-state index < -0.39 is 78.1 Å². The molecule has 16 saturated heterocycles. The highest BCUT2D eigenvalue weighted by atomic mass is 16.8. The Labute approximate surface area is 482 Å². The number of hydrogen-bond acceptors (Lipinski definition) is 19. The van der Waals surface area contributed by atoms with Gasteiger partial charge in [-0.2, -0.15) is 0 Å². The maximum atomic E-state index is 14.7. The van der Waals surface area contributed by atoms with Crippen LogP contribution in [-0.2, 0) is 80.6 Å². The second-order valence-electron chi connectivity index (χ2n) is 28.2. The summed E-state index contributed by atoms with van der Waals surface area (Å²) in [5.41, 5.74) is 2.12. The number of hydrogen-bond donors (Lipinski definition) is 2. The Hall–Kier alpha value is -1.99. The Kier molecular flexibility index (Phi) is 14.7. The highest BCUT2D eigenvalue weighted by Gasteiger charge is 2.76. The molecule has 16 aliphatic rings. The number of aliphatic hydroxyl groups excluding tert-OH is 2. The Morgan fingerprint density at radius 3 is 2.16 bits per heavy atom. The molecule has 456 valence electrons. The van der Waals surface area contributed by atoms with Gasteiger partial charge in [-0.15, -0.1) is 6.58 Å². The number of carbonyl (C=O) groups is 1. The normalized spacial score (nSPS) is 56.0. The maximum absolute atomic E-state index is 14.7. The summed E-state index contributed by atoms with van der Waals surface area (Å²) < 4.78 is 111. The van der Waals surface area contributed by atoms with E-state index in [1.165, 1.54) is 0 Å². The lowest BCUT2D eigenvalue weighted by Gasteiger charge is -2.51. The standard InChI is InChI=1S/C63H90O19/c1-8-17-67-63-29-60-16-15-40-19-31(3)41(68-40)13-11-37-18-30(2)34(6)43(69-37)22-45-54(75-50(66)21-39-12-14-42-55(71-39)56(80-60)57(81-63)58(73-42)59(63)82-60)35(7)53-46(72-45)23-44-48(74-53)26-62(76-44)27-49-52(79-62)33(5)25-61(78-49)24-32(4)51-47(77-61)20-38(70-51)10-9-36(65)28-64/h8,30,32-33,35-49,51-59,64-65H,1,3,6,9-29H2,2,4-5,7H3/t30-,32+,33+,35+,36-,37?,38-,39?,40?,41?,42+,43?,44-,45+,46+,47?,48-,49?,51?,52?,53+,54?,55+,56+,57?,58-,59?,60-,61-,62+,63-/m1/s1. The molecule has 0 amide bonds. The van der Waals surface area contributed by atoms with Crippen LogP contribution in [0.15, 0.2) is 37.0 Å². The van der Waals surface area contributed by atoms with Gasteiger partial charge in [-0.3, -0.25) is 4.79 Å². The summed E-state index contributed by atoms with van der Waals surface area (Å²) in [6.07, 6.45) is 5.93. The molecule has 19 nitrogen and oxygen atoms in total. The van der Waals surface area contributed by atoms with Gasteiger partial charge in [0.15, 0.2) is 17.4 Å². The quantitative estimate of drug-likeness (QED) is 0.207. The number of carbonyl (C=O) groups excluding carboxylic acids is 1. The molecule has 0 aromatic rings. The van der Waals surface area contributed by atoms with Crippen molar-refractivity contribution in [1.82, 2.24) is 0 Å². The molecule has 16 fully saturated rings. The number of rotatable bonds is 7. The van der Waals surface area contributed by atoms with Crippen LogP contribution in [-0.4, -0.2) is 193 Å². The molecule has 0 radical (unpaired) electrons. The predicted octanol–water partition coefficient (Wildman–Crippen LogP) is 6.48. The molecule has 12 unspecified atom stereocenters. The molecule has 0 aromatic carbocycles. The third kappa shape index (κ3) is 9.82. The smallest absolute Gasteiger partial charge is 0.308 e. The van der Waals surface area contributed by atoms with Crippen molar-refractivity contribution in [2.45, 2.75) is 313 Å². The zero-order valence-corrected chi connectivity index (χ0v) is 48.5. The van der Waals surface area contributed by atoms with E-state index in [0.717, 1.165) is 43.3 Å². The van der Waals surface area contributed by atoms with Gasteiger partial charge in [-0.1, -0.05) is 46.9 Å².